The van der Waals surface area contributed by atoms with Crippen LogP contribution in [0.25, 0.3) is 11.2 Å². The first-order chi connectivity index (χ1) is 20.7. The van der Waals surface area contributed by atoms with E-state index in [2.05, 4.69) is 23.8 Å². The number of carbonyl (C=O) groups is 1. The molecule has 23 heteroatoms. The Kier molecular flexibility index (Phi) is 9.23. The second kappa shape index (κ2) is 12.5. The predicted molar refractivity (Wildman–Crippen MR) is 140 cm³/mol. The van der Waals surface area contributed by atoms with Crippen LogP contribution in [-0.2, 0) is 36.8 Å². The molecule has 2 aromatic heterocycles. The van der Waals surface area contributed by atoms with Crippen LogP contribution in [0.4, 0.5) is 5.82 Å². The topological polar surface area (TPSA) is 312 Å². The number of aliphatic carboxylic acids is 1. The number of hydrogen-bond donors (Lipinski definition) is 8. The number of ether oxygens (including phenoxy) is 2. The number of carboxylic acids is 1. The minimum atomic E-state index is -5.38. The maximum Gasteiger partial charge on any atom is 0.481 e. The number of carboxylic acid groups (broad SMARTS) is 1. The van der Waals surface area contributed by atoms with E-state index in [4.69, 9.17) is 19.7 Å². The summed E-state index contributed by atoms with van der Waals surface area (Å²) in [5.74, 6) is -1.16. The van der Waals surface area contributed by atoms with Crippen LogP contribution in [0, 0.1) is 0 Å². The largest absolute Gasteiger partial charge is 0.481 e. The van der Waals surface area contributed by atoms with Gasteiger partial charge in [0.1, 0.15) is 48.5 Å². The molecule has 0 radical (unpaired) electrons. The maximum atomic E-state index is 12.4. The lowest BCUT2D eigenvalue weighted by Gasteiger charge is -2.28. The zero-order valence-corrected chi connectivity index (χ0v) is 24.0. The van der Waals surface area contributed by atoms with Crippen molar-refractivity contribution in [1.82, 2.24) is 24.4 Å². The van der Waals surface area contributed by atoms with Gasteiger partial charge in [0.05, 0.1) is 25.1 Å². The molecule has 5 heterocycles. The number of nitrogens with zero attached hydrogens (tertiary/aromatic N) is 5. The third kappa shape index (κ3) is 6.70. The molecule has 9 N–H and O–H groups in total. The molecule has 2 fully saturated rings. The molecule has 0 aliphatic carbocycles. The fourth-order valence-electron chi connectivity index (χ4n) is 4.66. The van der Waals surface area contributed by atoms with Crippen LogP contribution in [-0.4, -0.2) is 122 Å². The Morgan fingerprint density at radius 3 is 2.16 bits per heavy atom. The molecule has 2 saturated heterocycles. The van der Waals surface area contributed by atoms with Gasteiger partial charge < -0.3 is 55.4 Å². The van der Waals surface area contributed by atoms with Crippen LogP contribution in [0.15, 0.2) is 36.7 Å². The molecule has 242 valence electrons. The summed E-state index contributed by atoms with van der Waals surface area (Å²) in [5, 5.41) is 50.8. The molecule has 2 unspecified atom stereocenters. The number of rotatable bonds is 11. The van der Waals surface area contributed by atoms with Crippen molar-refractivity contribution in [2.45, 2.75) is 55.5 Å². The van der Waals surface area contributed by atoms with Gasteiger partial charge in [-0.1, -0.05) is 6.08 Å². The number of nitrogens with two attached hydrogens (primary N) is 1. The fourth-order valence-corrected chi connectivity index (χ4v) is 6.75. The number of phosphoric acid groups is 2. The number of phosphoric ester groups is 2. The first-order valence-corrected chi connectivity index (χ1v) is 15.7. The maximum absolute atomic E-state index is 12.4. The lowest BCUT2D eigenvalue weighted by molar-refractivity contribution is -0.133. The molecule has 0 spiro atoms. The zero-order chi connectivity index (χ0) is 32.0. The highest BCUT2D eigenvalue weighted by atomic mass is 31.3. The number of hydrogen-bond acceptors (Lipinski definition) is 17. The van der Waals surface area contributed by atoms with E-state index in [1.54, 1.807) is 0 Å². The quantitative estimate of drug-likeness (QED) is 0.119. The van der Waals surface area contributed by atoms with E-state index in [0.29, 0.717) is 0 Å². The molecule has 0 saturated carbocycles. The van der Waals surface area contributed by atoms with Crippen LogP contribution in [0.2, 0.25) is 0 Å². The van der Waals surface area contributed by atoms with E-state index in [-0.39, 0.29) is 29.0 Å². The van der Waals surface area contributed by atoms with E-state index in [9.17, 15) is 49.2 Å². The van der Waals surface area contributed by atoms with Crippen molar-refractivity contribution < 1.29 is 72.1 Å². The normalized spacial score (nSPS) is 33.3. The first kappa shape index (κ1) is 32.5. The molecular formula is C21H28N6O15P2. The molecule has 2 aromatic rings. The number of fused-ring (bicyclic) bond motifs is 1. The Morgan fingerprint density at radius 1 is 0.955 bits per heavy atom. The summed E-state index contributed by atoms with van der Waals surface area (Å²) in [4.78, 5) is 44.3. The molecule has 3 aliphatic rings. The van der Waals surface area contributed by atoms with Crippen LogP contribution >= 0.6 is 15.6 Å². The van der Waals surface area contributed by atoms with Gasteiger partial charge in [-0.2, -0.15) is 4.31 Å². The first-order valence-electron chi connectivity index (χ1n) is 12.7. The second-order valence-electron chi connectivity index (χ2n) is 9.78. The van der Waals surface area contributed by atoms with E-state index in [1.807, 2.05) is 0 Å². The predicted octanol–water partition coefficient (Wildman–Crippen LogP) is -2.09. The Morgan fingerprint density at radius 2 is 1.55 bits per heavy atom. The summed E-state index contributed by atoms with van der Waals surface area (Å²) in [6, 6.07) is 0. The van der Waals surface area contributed by atoms with Crippen molar-refractivity contribution in [3.05, 3.63) is 36.7 Å². The molecule has 0 amide bonds. The Balaban J connectivity index is 1.15. The van der Waals surface area contributed by atoms with E-state index in [0.717, 1.165) is 6.33 Å². The van der Waals surface area contributed by atoms with Gasteiger partial charge in [-0.3, -0.25) is 13.6 Å². The fraction of sp³-hybridized carbons (Fsp3) is 0.524. The van der Waals surface area contributed by atoms with Gasteiger partial charge in [0.2, 0.25) is 0 Å². The van der Waals surface area contributed by atoms with Gasteiger partial charge in [0, 0.05) is 18.8 Å². The smallest absolute Gasteiger partial charge is 0.478 e. The van der Waals surface area contributed by atoms with Gasteiger partial charge in [-0.25, -0.2) is 28.9 Å². The molecule has 3 aliphatic heterocycles. The molecule has 5 rings (SSSR count). The van der Waals surface area contributed by atoms with Crippen LogP contribution in [0.3, 0.4) is 0 Å². The summed E-state index contributed by atoms with van der Waals surface area (Å²) < 4.78 is 50.7. The number of imidazole rings is 1. The van der Waals surface area contributed by atoms with Crippen molar-refractivity contribution in [3.63, 3.8) is 0 Å². The van der Waals surface area contributed by atoms with Gasteiger partial charge in [0.25, 0.3) is 0 Å². The van der Waals surface area contributed by atoms with Gasteiger partial charge >= 0.3 is 21.6 Å². The van der Waals surface area contributed by atoms with Crippen molar-refractivity contribution in [2.24, 2.45) is 0 Å². The van der Waals surface area contributed by atoms with E-state index < -0.39 is 83.9 Å². The summed E-state index contributed by atoms with van der Waals surface area (Å²) in [7, 11) is -10.8. The third-order valence-corrected chi connectivity index (χ3v) is 9.44. The number of aromatic nitrogens is 4. The van der Waals surface area contributed by atoms with E-state index in [1.165, 1.54) is 34.3 Å². The van der Waals surface area contributed by atoms with E-state index >= 15 is 0 Å². The van der Waals surface area contributed by atoms with Crippen molar-refractivity contribution in [1.29, 1.82) is 0 Å². The Labute approximate surface area is 246 Å². The number of anilines is 1. The number of aliphatic hydroxyl groups excluding tert-OH is 4. The summed E-state index contributed by atoms with van der Waals surface area (Å²) in [6.45, 7) is -1.82. The minimum absolute atomic E-state index is 0.0278. The third-order valence-electron chi connectivity index (χ3n) is 6.83. The molecule has 44 heavy (non-hydrogen) atoms. The summed E-state index contributed by atoms with van der Waals surface area (Å²) in [6.07, 6.45) is -5.46. The van der Waals surface area contributed by atoms with Crippen molar-refractivity contribution in [2.75, 3.05) is 18.9 Å². The van der Waals surface area contributed by atoms with Crippen LogP contribution in [0.5, 0.6) is 0 Å². The Bertz CT molecular complexity index is 1550. The number of allylic oxidation sites excluding steroid dienone is 1. The lowest BCUT2D eigenvalue weighted by atomic mass is 10.1. The van der Waals surface area contributed by atoms with Crippen molar-refractivity contribution >= 4 is 38.6 Å². The summed E-state index contributed by atoms with van der Waals surface area (Å²) in [5.41, 5.74) is 6.07. The van der Waals surface area contributed by atoms with Crippen LogP contribution in [0.1, 0.15) is 12.6 Å². The van der Waals surface area contributed by atoms with Gasteiger partial charge in [0.15, 0.2) is 23.9 Å². The van der Waals surface area contributed by atoms with Gasteiger partial charge in [-0.15, -0.1) is 0 Å². The lowest BCUT2D eigenvalue weighted by Crippen LogP contribution is -2.40. The molecular weight excluding hydrogens is 638 g/mol. The number of aliphatic hydroxyl groups is 4. The summed E-state index contributed by atoms with van der Waals surface area (Å²) >= 11 is 0. The highest BCUT2D eigenvalue weighted by Gasteiger charge is 2.48. The zero-order valence-electron chi connectivity index (χ0n) is 22.2. The second-order valence-corrected chi connectivity index (χ2v) is 12.8. The molecule has 0 aromatic carbocycles. The SMILES string of the molecule is Nc1ncnc2c1ncn2[C@@H]1O[C@H](COP(=O)(O)OP(=O)(O)OC[C@H]2O[C@@H](N3C=CCC(C(=O)O)=C3)[C@H](O)[C@@H]2O)[C@@H](O)[C@H]1O. The monoisotopic (exact) mass is 666 g/mol. The molecule has 0 bridgehead atoms. The number of nitrogen functional groups attached to an aromatic ring is 1. The standard InChI is InChI=1S/C21H28N6O15P2/c22-17-12-18(24-7-23-17)27(8-25-12)20-16(31)14(29)11(41-20)6-39-44(36,37)42-43(34,35)38-5-10-13(28)15(30)19(40-10)26-3-1-2-9(4-26)21(32)33/h1,3-4,7-8,10-11,13-16,19-20,28-31H,2,5-6H2,(H,32,33)(H,34,35)(H,36,37)(H2,22,23,24)/t10-,11-,13-,14-,15-,16-,19-,20-/m1/s1. The van der Waals surface area contributed by atoms with Gasteiger partial charge in [-0.05, 0) is 0 Å². The minimum Gasteiger partial charge on any atom is -0.478 e. The average molecular weight is 666 g/mol. The van der Waals surface area contributed by atoms with Crippen LogP contribution < -0.4 is 5.73 Å². The Hall–Kier alpha value is -2.88. The molecule has 10 atom stereocenters. The van der Waals surface area contributed by atoms with Crippen molar-refractivity contribution in [3.8, 4) is 0 Å². The highest BCUT2D eigenvalue weighted by Crippen LogP contribution is 2.60. The molecule has 21 nitrogen and oxygen atoms in total. The average Bonchev–Trinajstić information content (AvgIpc) is 3.61. The highest BCUT2D eigenvalue weighted by molar-refractivity contribution is 7.61.